The van der Waals surface area contributed by atoms with Crippen LogP contribution < -0.4 is 15.8 Å². The van der Waals surface area contributed by atoms with Gasteiger partial charge < -0.3 is 20.5 Å². The number of aryl methyl sites for hydroxylation is 1. The van der Waals surface area contributed by atoms with E-state index in [2.05, 4.69) is 15.4 Å². The summed E-state index contributed by atoms with van der Waals surface area (Å²) in [7, 11) is 1.76. The molecule has 8 nitrogen and oxygen atoms in total. The van der Waals surface area contributed by atoms with Gasteiger partial charge in [-0.15, -0.1) is 11.3 Å². The number of rotatable bonds is 7. The Morgan fingerprint density at radius 2 is 2.08 bits per heavy atom. The van der Waals surface area contributed by atoms with Gasteiger partial charge in [-0.25, -0.2) is 9.37 Å². The predicted octanol–water partition coefficient (Wildman–Crippen LogP) is 4.89. The zero-order valence-electron chi connectivity index (χ0n) is 20.3. The van der Waals surface area contributed by atoms with Gasteiger partial charge in [-0.1, -0.05) is 42.5 Å². The summed E-state index contributed by atoms with van der Waals surface area (Å²) in [6.45, 7) is 0.375. The molecule has 3 unspecified atom stereocenters. The summed E-state index contributed by atoms with van der Waals surface area (Å²) in [6, 6.07) is 17.0. The molecule has 1 saturated heterocycles. The first-order valence-corrected chi connectivity index (χ1v) is 12.9. The maximum Gasteiger partial charge on any atom is 0.275 e. The number of halogens is 1. The van der Waals surface area contributed by atoms with Gasteiger partial charge in [0.05, 0.1) is 24.2 Å². The number of ether oxygens (including phenoxy) is 2. The van der Waals surface area contributed by atoms with Gasteiger partial charge in [0.25, 0.3) is 5.91 Å². The van der Waals surface area contributed by atoms with Crippen LogP contribution in [0.5, 0.6) is 5.75 Å². The molecule has 2 aromatic heterocycles. The van der Waals surface area contributed by atoms with E-state index in [4.69, 9.17) is 15.2 Å². The highest BCUT2D eigenvalue weighted by atomic mass is 32.1. The third-order valence-electron chi connectivity index (χ3n) is 6.29. The van der Waals surface area contributed by atoms with E-state index in [0.717, 1.165) is 16.9 Å². The number of amides is 1. The Bertz CT molecular complexity index is 1350. The lowest BCUT2D eigenvalue weighted by Gasteiger charge is -2.17. The van der Waals surface area contributed by atoms with E-state index < -0.39 is 18.3 Å². The maximum atomic E-state index is 14.0. The number of nitrogens with two attached hydrogens (primary N) is 1. The molecule has 1 fully saturated rings. The highest BCUT2D eigenvalue weighted by Gasteiger charge is 2.30. The van der Waals surface area contributed by atoms with Gasteiger partial charge in [-0.05, 0) is 30.5 Å². The van der Waals surface area contributed by atoms with E-state index in [9.17, 15) is 9.18 Å². The summed E-state index contributed by atoms with van der Waals surface area (Å²) in [5, 5.41) is 9.59. The first-order chi connectivity index (χ1) is 18.0. The summed E-state index contributed by atoms with van der Waals surface area (Å²) >= 11 is 1.38. The zero-order chi connectivity index (χ0) is 25.8. The van der Waals surface area contributed by atoms with Gasteiger partial charge in [-0.3, -0.25) is 9.48 Å². The van der Waals surface area contributed by atoms with E-state index in [0.29, 0.717) is 35.8 Å². The SMILES string of the molecule is Cn1ncc(NC(=O)c2csc(-c3cccc(OCc4ccccc4)c3)n2)c1C1CCC(N)C(F)CO1. The fraction of sp³-hybridized carbons (Fsp3) is 0.296. The highest BCUT2D eigenvalue weighted by molar-refractivity contribution is 7.13. The molecule has 0 aliphatic carbocycles. The average molecular weight is 522 g/mol. The summed E-state index contributed by atoms with van der Waals surface area (Å²) in [5.41, 5.74) is 9.28. The molecule has 1 aliphatic heterocycles. The van der Waals surface area contributed by atoms with Crippen LogP contribution in [0.1, 0.15) is 40.7 Å². The maximum absolute atomic E-state index is 14.0. The van der Waals surface area contributed by atoms with Gasteiger partial charge >= 0.3 is 0 Å². The Morgan fingerprint density at radius 1 is 1.24 bits per heavy atom. The number of hydrogen-bond donors (Lipinski definition) is 2. The van der Waals surface area contributed by atoms with Gasteiger partial charge in [-0.2, -0.15) is 5.10 Å². The number of carbonyl (C=O) groups is 1. The van der Waals surface area contributed by atoms with Crippen molar-refractivity contribution < 1.29 is 18.7 Å². The summed E-state index contributed by atoms with van der Waals surface area (Å²) in [5.74, 6) is 0.364. The predicted molar refractivity (Wildman–Crippen MR) is 140 cm³/mol. The highest BCUT2D eigenvalue weighted by Crippen LogP contribution is 2.33. The summed E-state index contributed by atoms with van der Waals surface area (Å²) in [6.07, 6.45) is 0.947. The quantitative estimate of drug-likeness (QED) is 0.359. The van der Waals surface area contributed by atoms with Gasteiger partial charge in [0, 0.05) is 24.0 Å². The fourth-order valence-corrected chi connectivity index (χ4v) is 5.03. The Hall–Kier alpha value is -3.60. The third kappa shape index (κ3) is 5.87. The van der Waals surface area contributed by atoms with Crippen molar-refractivity contribution in [3.8, 4) is 16.3 Å². The summed E-state index contributed by atoms with van der Waals surface area (Å²) in [4.78, 5) is 17.6. The first kappa shape index (κ1) is 25.1. The second-order valence-corrected chi connectivity index (χ2v) is 9.80. The molecule has 0 radical (unpaired) electrons. The second kappa shape index (κ2) is 11.2. The lowest BCUT2D eigenvalue weighted by atomic mass is 10.0. The molecule has 4 aromatic rings. The molecule has 1 aliphatic rings. The summed E-state index contributed by atoms with van der Waals surface area (Å²) < 4.78 is 27.3. The number of hydrogen-bond acceptors (Lipinski definition) is 7. The molecule has 0 bridgehead atoms. The minimum Gasteiger partial charge on any atom is -0.489 e. The molecule has 0 spiro atoms. The van der Waals surface area contributed by atoms with Crippen LogP contribution >= 0.6 is 11.3 Å². The number of aromatic nitrogens is 3. The van der Waals surface area contributed by atoms with Crippen LogP contribution in [0.3, 0.4) is 0 Å². The third-order valence-corrected chi connectivity index (χ3v) is 7.18. The Labute approximate surface area is 218 Å². The van der Waals surface area contributed by atoms with Crippen LogP contribution in [-0.4, -0.2) is 39.5 Å². The molecule has 3 N–H and O–H groups in total. The van der Waals surface area contributed by atoms with Crippen LogP contribution in [0, 0.1) is 0 Å². The lowest BCUT2D eigenvalue weighted by Crippen LogP contribution is -2.32. The molecular weight excluding hydrogens is 493 g/mol. The number of benzene rings is 2. The smallest absolute Gasteiger partial charge is 0.275 e. The molecule has 3 heterocycles. The standard InChI is InChI=1S/C27H28FN5O3S/c1-33-25(24-11-10-21(29)20(28)15-36-24)22(13-30-33)31-26(34)23-16-37-27(32-23)18-8-5-9-19(12-18)35-14-17-6-3-2-4-7-17/h2-9,12-13,16,20-21,24H,10-11,14-15,29H2,1H3,(H,31,34). The molecular formula is C27H28FN5O3S. The second-order valence-electron chi connectivity index (χ2n) is 8.94. The Balaban J connectivity index is 1.27. The van der Waals surface area contributed by atoms with E-state index in [1.165, 1.54) is 11.3 Å². The van der Waals surface area contributed by atoms with Crippen molar-refractivity contribution in [2.24, 2.45) is 12.8 Å². The number of carbonyl (C=O) groups excluding carboxylic acids is 1. The minimum absolute atomic E-state index is 0.0893. The molecule has 10 heteroatoms. The first-order valence-electron chi connectivity index (χ1n) is 12.0. The Kier molecular flexibility index (Phi) is 7.59. The number of thiazole rings is 1. The number of nitrogens with one attached hydrogen (secondary N) is 1. The van der Waals surface area contributed by atoms with Crippen molar-refractivity contribution >= 4 is 22.9 Å². The number of nitrogens with zero attached hydrogens (tertiary/aromatic N) is 3. The van der Waals surface area contributed by atoms with Crippen molar-refractivity contribution in [1.29, 1.82) is 0 Å². The van der Waals surface area contributed by atoms with Crippen LogP contribution in [-0.2, 0) is 18.4 Å². The van der Waals surface area contributed by atoms with Crippen molar-refractivity contribution in [1.82, 2.24) is 14.8 Å². The van der Waals surface area contributed by atoms with Crippen molar-refractivity contribution in [2.75, 3.05) is 11.9 Å². The van der Waals surface area contributed by atoms with E-state index in [1.54, 1.807) is 23.3 Å². The molecule has 5 rings (SSSR count). The monoisotopic (exact) mass is 521 g/mol. The topological polar surface area (TPSA) is 104 Å². The van der Waals surface area contributed by atoms with Crippen LogP contribution in [0.25, 0.3) is 10.6 Å². The molecule has 37 heavy (non-hydrogen) atoms. The van der Waals surface area contributed by atoms with E-state index in [1.807, 2.05) is 54.6 Å². The lowest BCUT2D eigenvalue weighted by molar-refractivity contribution is 0.0247. The fourth-order valence-electron chi connectivity index (χ4n) is 4.24. The zero-order valence-corrected chi connectivity index (χ0v) is 21.2. The molecule has 3 atom stereocenters. The number of alkyl halides is 1. The normalized spacial score (nSPS) is 19.8. The Morgan fingerprint density at radius 3 is 2.92 bits per heavy atom. The van der Waals surface area contributed by atoms with Crippen LogP contribution in [0.2, 0.25) is 0 Å². The number of anilines is 1. The van der Waals surface area contributed by atoms with Crippen LogP contribution in [0.15, 0.2) is 66.2 Å². The molecule has 1 amide bonds. The molecule has 0 saturated carbocycles. The van der Waals surface area contributed by atoms with Crippen molar-refractivity contribution in [3.05, 3.63) is 83.1 Å². The molecule has 2 aromatic carbocycles. The van der Waals surface area contributed by atoms with E-state index in [-0.39, 0.29) is 18.2 Å². The van der Waals surface area contributed by atoms with Crippen molar-refractivity contribution in [2.45, 2.75) is 37.8 Å². The average Bonchev–Trinajstić information content (AvgIpc) is 3.51. The van der Waals surface area contributed by atoms with Gasteiger partial charge in [0.1, 0.15) is 35.3 Å². The van der Waals surface area contributed by atoms with Crippen molar-refractivity contribution in [3.63, 3.8) is 0 Å². The van der Waals surface area contributed by atoms with Crippen LogP contribution in [0.4, 0.5) is 10.1 Å². The van der Waals surface area contributed by atoms with Gasteiger partial charge in [0.15, 0.2) is 0 Å². The molecule has 192 valence electrons. The van der Waals surface area contributed by atoms with Gasteiger partial charge in [0.2, 0.25) is 0 Å². The minimum atomic E-state index is -1.22. The van der Waals surface area contributed by atoms with E-state index >= 15 is 0 Å². The largest absolute Gasteiger partial charge is 0.489 e.